The standard InChI is InChI=1S/C33H34NO/c1-21-16-17-27-26-14-10-13-25(31(26)35-32(27)30(21)29-15-8-9-20-34(29)5)23-18-19-28(33(2,3)4)24-12-7-6-11-22(23)24/h8-10,13-20H,6-7,11-12H2,1-5H3/q+1. The van der Waals surface area contributed by atoms with Crippen LogP contribution < -0.4 is 4.57 Å². The van der Waals surface area contributed by atoms with Crippen LogP contribution in [0, 0.1) is 6.92 Å². The lowest BCUT2D eigenvalue weighted by Gasteiger charge is -2.29. The molecule has 0 unspecified atom stereocenters. The second kappa shape index (κ2) is 8.09. The molecule has 2 heterocycles. The third kappa shape index (κ3) is 3.50. The molecule has 0 N–H and O–H groups in total. The Bertz CT molecular complexity index is 1600. The SMILES string of the molecule is Cc1ccc2c(oc3c(-c4ccc(C(C)(C)C)c5c4CCCC5)cccc32)c1-c1cccc[n+]1C. The zero-order valence-corrected chi connectivity index (χ0v) is 21.5. The molecule has 0 bridgehead atoms. The van der Waals surface area contributed by atoms with E-state index in [0.29, 0.717) is 0 Å². The van der Waals surface area contributed by atoms with Gasteiger partial charge in [-0.25, -0.2) is 4.57 Å². The van der Waals surface area contributed by atoms with E-state index in [9.17, 15) is 0 Å². The van der Waals surface area contributed by atoms with Crippen molar-refractivity contribution in [3.8, 4) is 22.4 Å². The Hall–Kier alpha value is -3.39. The molecule has 5 aromatic rings. The molecule has 2 heteroatoms. The Morgan fingerprint density at radius 2 is 1.51 bits per heavy atom. The van der Waals surface area contributed by atoms with E-state index >= 15 is 0 Å². The first-order valence-corrected chi connectivity index (χ1v) is 12.9. The van der Waals surface area contributed by atoms with Crippen LogP contribution in [0.15, 0.2) is 71.3 Å². The van der Waals surface area contributed by atoms with Gasteiger partial charge >= 0.3 is 0 Å². The van der Waals surface area contributed by atoms with Crippen molar-refractivity contribution < 1.29 is 8.98 Å². The van der Waals surface area contributed by atoms with Gasteiger partial charge < -0.3 is 4.42 Å². The van der Waals surface area contributed by atoms with E-state index in [-0.39, 0.29) is 5.41 Å². The average Bonchev–Trinajstić information content (AvgIpc) is 3.22. The molecule has 6 rings (SSSR count). The third-order valence-corrected chi connectivity index (χ3v) is 7.82. The number of hydrogen-bond acceptors (Lipinski definition) is 1. The van der Waals surface area contributed by atoms with Gasteiger partial charge in [0.05, 0.1) is 5.56 Å². The Kier molecular flexibility index (Phi) is 5.11. The highest BCUT2D eigenvalue weighted by Crippen LogP contribution is 2.43. The molecule has 1 aliphatic rings. The van der Waals surface area contributed by atoms with Crippen molar-refractivity contribution >= 4 is 21.9 Å². The van der Waals surface area contributed by atoms with Crippen LogP contribution in [0.1, 0.15) is 55.9 Å². The summed E-state index contributed by atoms with van der Waals surface area (Å²) in [5, 5.41) is 2.38. The molecule has 0 aliphatic heterocycles. The lowest BCUT2D eigenvalue weighted by molar-refractivity contribution is -0.660. The van der Waals surface area contributed by atoms with Crippen LogP contribution >= 0.6 is 0 Å². The summed E-state index contributed by atoms with van der Waals surface area (Å²) >= 11 is 0. The van der Waals surface area contributed by atoms with E-state index in [4.69, 9.17) is 4.42 Å². The first-order chi connectivity index (χ1) is 16.8. The van der Waals surface area contributed by atoms with E-state index in [2.05, 4.69) is 106 Å². The van der Waals surface area contributed by atoms with Crippen LogP contribution in [0.5, 0.6) is 0 Å². The number of nitrogens with zero attached hydrogens (tertiary/aromatic N) is 1. The van der Waals surface area contributed by atoms with Gasteiger partial charge in [0, 0.05) is 28.5 Å². The van der Waals surface area contributed by atoms with E-state index in [1.807, 2.05) is 0 Å². The third-order valence-electron chi connectivity index (χ3n) is 7.82. The second-order valence-electron chi connectivity index (χ2n) is 11.2. The van der Waals surface area contributed by atoms with Gasteiger partial charge in [0.15, 0.2) is 6.20 Å². The summed E-state index contributed by atoms with van der Waals surface area (Å²) < 4.78 is 9.01. The Labute approximate surface area is 208 Å². The lowest BCUT2D eigenvalue weighted by Crippen LogP contribution is -2.30. The largest absolute Gasteiger partial charge is 0.454 e. The quantitative estimate of drug-likeness (QED) is 0.242. The zero-order valence-electron chi connectivity index (χ0n) is 21.5. The number of rotatable bonds is 2. The van der Waals surface area contributed by atoms with Crippen LogP contribution in [0.25, 0.3) is 44.3 Å². The van der Waals surface area contributed by atoms with Crippen molar-refractivity contribution in [3.05, 3.63) is 89.1 Å². The summed E-state index contributed by atoms with van der Waals surface area (Å²) in [4.78, 5) is 0. The fourth-order valence-corrected chi connectivity index (χ4v) is 6.10. The van der Waals surface area contributed by atoms with Crippen LogP contribution in [0.2, 0.25) is 0 Å². The van der Waals surface area contributed by atoms with Gasteiger partial charge in [-0.05, 0) is 71.9 Å². The van der Waals surface area contributed by atoms with Gasteiger partial charge in [-0.1, -0.05) is 63.2 Å². The molecule has 0 radical (unpaired) electrons. The first kappa shape index (κ1) is 22.1. The summed E-state index contributed by atoms with van der Waals surface area (Å²) in [6.07, 6.45) is 6.97. The first-order valence-electron chi connectivity index (χ1n) is 12.9. The van der Waals surface area contributed by atoms with Crippen molar-refractivity contribution in [2.24, 2.45) is 7.05 Å². The zero-order chi connectivity index (χ0) is 24.3. The predicted octanol–water partition coefficient (Wildman–Crippen LogP) is 8.23. The second-order valence-corrected chi connectivity index (χ2v) is 11.2. The van der Waals surface area contributed by atoms with Crippen molar-refractivity contribution in [1.82, 2.24) is 0 Å². The molecule has 0 spiro atoms. The van der Waals surface area contributed by atoms with E-state index in [1.54, 1.807) is 5.56 Å². The summed E-state index contributed by atoms with van der Waals surface area (Å²) in [7, 11) is 2.10. The molecule has 2 aromatic heterocycles. The maximum Gasteiger partial charge on any atom is 0.216 e. The molecular weight excluding hydrogens is 426 g/mol. The molecule has 0 saturated carbocycles. The highest BCUT2D eigenvalue weighted by atomic mass is 16.3. The molecule has 2 nitrogen and oxygen atoms in total. The van der Waals surface area contributed by atoms with E-state index in [1.165, 1.54) is 69.1 Å². The Morgan fingerprint density at radius 1 is 0.743 bits per heavy atom. The Morgan fingerprint density at radius 3 is 2.29 bits per heavy atom. The molecule has 1 aliphatic carbocycles. The van der Waals surface area contributed by atoms with E-state index < -0.39 is 0 Å². The average molecular weight is 461 g/mol. The van der Waals surface area contributed by atoms with Gasteiger partial charge in [0.25, 0.3) is 0 Å². The van der Waals surface area contributed by atoms with Crippen molar-refractivity contribution in [1.29, 1.82) is 0 Å². The minimum Gasteiger partial charge on any atom is -0.454 e. The molecule has 3 aromatic carbocycles. The number of pyridine rings is 1. The molecule has 0 fully saturated rings. The fraction of sp³-hybridized carbons (Fsp3) is 0.303. The van der Waals surface area contributed by atoms with Gasteiger partial charge in [0.1, 0.15) is 18.2 Å². The van der Waals surface area contributed by atoms with Gasteiger partial charge in [-0.2, -0.15) is 0 Å². The number of fused-ring (bicyclic) bond motifs is 4. The highest BCUT2D eigenvalue weighted by molar-refractivity contribution is 6.13. The summed E-state index contributed by atoms with van der Waals surface area (Å²) in [6.45, 7) is 9.19. The van der Waals surface area contributed by atoms with Gasteiger partial charge in [0.2, 0.25) is 5.69 Å². The smallest absolute Gasteiger partial charge is 0.216 e. The molecule has 0 atom stereocenters. The minimum atomic E-state index is 0.156. The highest BCUT2D eigenvalue weighted by Gasteiger charge is 2.26. The number of benzene rings is 3. The van der Waals surface area contributed by atoms with Crippen LogP contribution in [-0.4, -0.2) is 0 Å². The van der Waals surface area contributed by atoms with Gasteiger partial charge in [-0.3, -0.25) is 0 Å². The van der Waals surface area contributed by atoms with Gasteiger partial charge in [-0.15, -0.1) is 0 Å². The molecule has 176 valence electrons. The predicted molar refractivity (Wildman–Crippen MR) is 146 cm³/mol. The van der Waals surface area contributed by atoms with Crippen LogP contribution in [0.3, 0.4) is 0 Å². The van der Waals surface area contributed by atoms with Crippen molar-refractivity contribution in [2.75, 3.05) is 0 Å². The monoisotopic (exact) mass is 460 g/mol. The van der Waals surface area contributed by atoms with Crippen LogP contribution in [0.4, 0.5) is 0 Å². The molecule has 35 heavy (non-hydrogen) atoms. The fourth-order valence-electron chi connectivity index (χ4n) is 6.10. The number of hydrogen-bond donors (Lipinski definition) is 0. The Balaban J connectivity index is 1.65. The normalized spacial score (nSPS) is 14.0. The number of aromatic nitrogens is 1. The lowest BCUT2D eigenvalue weighted by atomic mass is 9.75. The maximum absolute atomic E-state index is 6.83. The molecule has 0 amide bonds. The van der Waals surface area contributed by atoms with Crippen molar-refractivity contribution in [3.63, 3.8) is 0 Å². The molecule has 0 saturated heterocycles. The minimum absolute atomic E-state index is 0.156. The molecular formula is C33H34NO+. The van der Waals surface area contributed by atoms with Crippen LogP contribution in [-0.2, 0) is 25.3 Å². The number of para-hydroxylation sites is 1. The maximum atomic E-state index is 6.83. The number of aryl methyl sites for hydroxylation is 2. The number of furan rings is 1. The summed E-state index contributed by atoms with van der Waals surface area (Å²) in [6, 6.07) is 22.2. The van der Waals surface area contributed by atoms with Crippen molar-refractivity contribution in [2.45, 2.75) is 58.8 Å². The topological polar surface area (TPSA) is 17.0 Å². The summed E-state index contributed by atoms with van der Waals surface area (Å²) in [5.41, 5.74) is 12.9. The van der Waals surface area contributed by atoms with E-state index in [0.717, 1.165) is 17.6 Å². The summed E-state index contributed by atoms with van der Waals surface area (Å²) in [5.74, 6) is 0.